The number of furan rings is 1. The molecule has 3 aliphatic rings. The van der Waals surface area contributed by atoms with E-state index in [1.807, 2.05) is 65.7 Å². The standard InChI is InChI=1S/C33H26N2O6/c1-39-20-13-14-25(40-2)22(18-20)29(36)28-27(30(37)26-12-7-17-41-26)33(23-10-5-6-11-24(23)34-32(33)38)31-21-9-4-3-8-19(21)15-16-35(28)31/h3-18,27-28,31H,1-2H3,(H,34,38). The summed E-state index contributed by atoms with van der Waals surface area (Å²) in [5.74, 6) is -1.38. The number of methoxy groups -OCH3 is 2. The highest BCUT2D eigenvalue weighted by Crippen LogP contribution is 2.62. The van der Waals surface area contributed by atoms with E-state index in [1.165, 1.54) is 20.5 Å². The maximum atomic E-state index is 14.8. The molecule has 204 valence electrons. The van der Waals surface area contributed by atoms with E-state index >= 15 is 0 Å². The van der Waals surface area contributed by atoms with Crippen molar-refractivity contribution in [3.8, 4) is 11.5 Å². The molecule has 4 aromatic rings. The van der Waals surface area contributed by atoms with Gasteiger partial charge in [0.1, 0.15) is 23.0 Å². The first-order chi connectivity index (χ1) is 20.0. The SMILES string of the molecule is COc1ccc(OC)c(C(=O)C2C(C(=O)c3ccco3)C3(C(=O)Nc4ccccc43)C3c4ccccc4C=CN23)c1. The summed E-state index contributed by atoms with van der Waals surface area (Å²) in [5, 5.41) is 3.04. The first kappa shape index (κ1) is 24.9. The Morgan fingerprint density at radius 2 is 1.73 bits per heavy atom. The van der Waals surface area contributed by atoms with Gasteiger partial charge >= 0.3 is 0 Å². The van der Waals surface area contributed by atoms with Crippen LogP contribution in [0.25, 0.3) is 6.08 Å². The molecule has 4 heterocycles. The number of hydrogen-bond acceptors (Lipinski definition) is 7. The summed E-state index contributed by atoms with van der Waals surface area (Å²) in [4.78, 5) is 45.7. The van der Waals surface area contributed by atoms with Crippen LogP contribution in [0.15, 0.2) is 95.7 Å². The van der Waals surface area contributed by atoms with Gasteiger partial charge in [0.2, 0.25) is 11.7 Å². The number of nitrogens with zero attached hydrogens (tertiary/aromatic N) is 1. The topological polar surface area (TPSA) is 98.1 Å². The third kappa shape index (κ3) is 3.37. The number of nitrogens with one attached hydrogen (secondary N) is 1. The highest BCUT2D eigenvalue weighted by molar-refractivity contribution is 6.16. The summed E-state index contributed by atoms with van der Waals surface area (Å²) in [5.41, 5.74) is 1.88. The van der Waals surface area contributed by atoms with E-state index in [1.54, 1.807) is 30.3 Å². The Hall–Kier alpha value is -5.11. The van der Waals surface area contributed by atoms with Gasteiger partial charge in [-0.2, -0.15) is 0 Å². The molecular weight excluding hydrogens is 520 g/mol. The maximum absolute atomic E-state index is 14.8. The molecule has 7 rings (SSSR count). The monoisotopic (exact) mass is 546 g/mol. The molecule has 1 saturated heterocycles. The number of carbonyl (C=O) groups is 3. The fraction of sp³-hybridized carbons (Fsp3) is 0.182. The van der Waals surface area contributed by atoms with Crippen molar-refractivity contribution in [3.63, 3.8) is 0 Å². The first-order valence-electron chi connectivity index (χ1n) is 13.3. The number of anilines is 1. The third-order valence-electron chi connectivity index (χ3n) is 8.56. The second-order valence-corrected chi connectivity index (χ2v) is 10.4. The van der Waals surface area contributed by atoms with Crippen LogP contribution in [-0.4, -0.2) is 42.6 Å². The molecular formula is C33H26N2O6. The van der Waals surface area contributed by atoms with Crippen LogP contribution in [0.4, 0.5) is 5.69 Å². The van der Waals surface area contributed by atoms with Crippen LogP contribution in [0.5, 0.6) is 11.5 Å². The summed E-state index contributed by atoms with van der Waals surface area (Å²) in [6.45, 7) is 0. The Bertz CT molecular complexity index is 1740. The van der Waals surface area contributed by atoms with Crippen LogP contribution in [0.3, 0.4) is 0 Å². The number of ether oxygens (including phenoxy) is 2. The van der Waals surface area contributed by atoms with Crippen molar-refractivity contribution in [2.75, 3.05) is 19.5 Å². The molecule has 3 aliphatic heterocycles. The minimum Gasteiger partial charge on any atom is -0.497 e. The number of ketones is 2. The Morgan fingerprint density at radius 3 is 2.51 bits per heavy atom. The summed E-state index contributed by atoms with van der Waals surface area (Å²) in [6.07, 6.45) is 5.16. The summed E-state index contributed by atoms with van der Waals surface area (Å²) in [7, 11) is 3.00. The summed E-state index contributed by atoms with van der Waals surface area (Å²) in [6, 6.07) is 21.6. The zero-order chi connectivity index (χ0) is 28.3. The van der Waals surface area contributed by atoms with E-state index in [4.69, 9.17) is 13.9 Å². The molecule has 8 heteroatoms. The Balaban J connectivity index is 1.54. The molecule has 1 spiro atoms. The lowest BCUT2D eigenvalue weighted by Crippen LogP contribution is -2.49. The van der Waals surface area contributed by atoms with Gasteiger partial charge in [-0.25, -0.2) is 0 Å². The Morgan fingerprint density at radius 1 is 0.927 bits per heavy atom. The molecule has 0 aliphatic carbocycles. The van der Waals surface area contributed by atoms with Crippen molar-refractivity contribution < 1.29 is 28.3 Å². The van der Waals surface area contributed by atoms with Crippen LogP contribution in [0.1, 0.15) is 43.6 Å². The van der Waals surface area contributed by atoms with E-state index in [9.17, 15) is 14.4 Å². The zero-order valence-corrected chi connectivity index (χ0v) is 22.4. The predicted octanol–water partition coefficient (Wildman–Crippen LogP) is 5.28. The molecule has 4 unspecified atom stereocenters. The van der Waals surface area contributed by atoms with Gasteiger partial charge in [-0.05, 0) is 59.2 Å². The van der Waals surface area contributed by atoms with Gasteiger partial charge in [0, 0.05) is 11.9 Å². The van der Waals surface area contributed by atoms with Crippen LogP contribution in [-0.2, 0) is 10.2 Å². The molecule has 0 saturated carbocycles. The highest BCUT2D eigenvalue weighted by Gasteiger charge is 2.71. The first-order valence-corrected chi connectivity index (χ1v) is 13.3. The second kappa shape index (κ2) is 9.23. The Kier molecular flexibility index (Phi) is 5.61. The molecule has 41 heavy (non-hydrogen) atoms. The smallest absolute Gasteiger partial charge is 0.238 e. The number of rotatable bonds is 6. The third-order valence-corrected chi connectivity index (χ3v) is 8.56. The summed E-state index contributed by atoms with van der Waals surface area (Å²) < 4.78 is 16.6. The minimum atomic E-state index is -1.44. The van der Waals surface area contributed by atoms with Gasteiger partial charge in [0.25, 0.3) is 0 Å². The largest absolute Gasteiger partial charge is 0.497 e. The maximum Gasteiger partial charge on any atom is 0.238 e. The fourth-order valence-corrected chi connectivity index (χ4v) is 6.91. The number of fused-ring (bicyclic) bond motifs is 6. The molecule has 1 aromatic heterocycles. The van der Waals surface area contributed by atoms with Crippen LogP contribution < -0.4 is 14.8 Å². The molecule has 1 amide bonds. The highest BCUT2D eigenvalue weighted by atomic mass is 16.5. The number of amides is 1. The molecule has 0 bridgehead atoms. The van der Waals surface area contributed by atoms with Crippen LogP contribution >= 0.6 is 0 Å². The number of carbonyl (C=O) groups excluding carboxylic acids is 3. The van der Waals surface area contributed by atoms with Crippen molar-refractivity contribution >= 4 is 29.2 Å². The van der Waals surface area contributed by atoms with Crippen LogP contribution in [0, 0.1) is 5.92 Å². The van der Waals surface area contributed by atoms with E-state index in [0.717, 1.165) is 11.1 Å². The quantitative estimate of drug-likeness (QED) is 0.329. The lowest BCUT2D eigenvalue weighted by molar-refractivity contribution is -0.122. The van der Waals surface area contributed by atoms with Crippen molar-refractivity contribution in [2.45, 2.75) is 17.5 Å². The lowest BCUT2D eigenvalue weighted by atomic mass is 9.63. The van der Waals surface area contributed by atoms with Crippen LogP contribution in [0.2, 0.25) is 0 Å². The van der Waals surface area contributed by atoms with E-state index < -0.39 is 29.2 Å². The molecule has 1 fully saturated rings. The number of para-hydroxylation sites is 1. The van der Waals surface area contributed by atoms with Crippen molar-refractivity contribution in [2.24, 2.45) is 5.92 Å². The van der Waals surface area contributed by atoms with Gasteiger partial charge in [-0.1, -0.05) is 42.5 Å². The lowest BCUT2D eigenvalue weighted by Gasteiger charge is -2.38. The Labute approximate surface area is 236 Å². The minimum absolute atomic E-state index is 0.0825. The van der Waals surface area contributed by atoms with E-state index in [0.29, 0.717) is 22.7 Å². The molecule has 8 nitrogen and oxygen atoms in total. The number of hydrogen-bond donors (Lipinski definition) is 1. The second-order valence-electron chi connectivity index (χ2n) is 10.4. The van der Waals surface area contributed by atoms with Gasteiger partial charge in [-0.15, -0.1) is 0 Å². The predicted molar refractivity (Wildman–Crippen MR) is 151 cm³/mol. The van der Waals surface area contributed by atoms with Gasteiger partial charge < -0.3 is 24.1 Å². The van der Waals surface area contributed by atoms with Gasteiger partial charge in [0.15, 0.2) is 11.5 Å². The van der Waals surface area contributed by atoms with E-state index in [-0.39, 0.29) is 23.0 Å². The average molecular weight is 547 g/mol. The normalized spacial score (nSPS) is 23.5. The van der Waals surface area contributed by atoms with Crippen molar-refractivity contribution in [3.05, 3.63) is 119 Å². The zero-order valence-electron chi connectivity index (χ0n) is 22.4. The molecule has 1 N–H and O–H groups in total. The van der Waals surface area contributed by atoms with Gasteiger partial charge in [0.05, 0.1) is 38.0 Å². The molecule has 3 aromatic carbocycles. The molecule has 0 radical (unpaired) electrons. The van der Waals surface area contributed by atoms with Gasteiger partial charge in [-0.3, -0.25) is 14.4 Å². The molecule has 4 atom stereocenters. The van der Waals surface area contributed by atoms with Crippen molar-refractivity contribution in [1.82, 2.24) is 4.90 Å². The fourth-order valence-electron chi connectivity index (χ4n) is 6.91. The average Bonchev–Trinajstić information content (AvgIpc) is 3.73. The number of benzene rings is 3. The van der Waals surface area contributed by atoms with E-state index in [2.05, 4.69) is 5.32 Å². The summed E-state index contributed by atoms with van der Waals surface area (Å²) >= 11 is 0. The van der Waals surface area contributed by atoms with Crippen molar-refractivity contribution in [1.29, 1.82) is 0 Å². The number of Topliss-reactive ketones (excluding diaryl/α,β-unsaturated/α-hetero) is 2.